The molecule has 0 bridgehead atoms. The Bertz CT molecular complexity index is 449. The van der Waals surface area contributed by atoms with Gasteiger partial charge in [0.2, 0.25) is 11.8 Å². The molecule has 1 aliphatic heterocycles. The summed E-state index contributed by atoms with van der Waals surface area (Å²) in [5.41, 5.74) is -1.81. The van der Waals surface area contributed by atoms with Gasteiger partial charge < -0.3 is 15.0 Å². The van der Waals surface area contributed by atoms with E-state index in [1.165, 1.54) is 0 Å². The summed E-state index contributed by atoms with van der Waals surface area (Å²) in [6.45, 7) is 12.3. The molecule has 0 aromatic rings. The average Bonchev–Trinajstić information content (AvgIpc) is 3.13. The molecule has 1 saturated heterocycles. The molecule has 2 rings (SSSR count). The second kappa shape index (κ2) is 4.97. The largest absolute Gasteiger partial charge is 0.374 e. The zero-order valence-electron chi connectivity index (χ0n) is 14.1. The fourth-order valence-electron chi connectivity index (χ4n) is 2.96. The lowest BCUT2D eigenvalue weighted by molar-refractivity contribution is -0.164. The summed E-state index contributed by atoms with van der Waals surface area (Å²) in [6, 6.07) is 0. The van der Waals surface area contributed by atoms with Crippen LogP contribution in [0, 0.1) is 5.92 Å². The van der Waals surface area contributed by atoms with Gasteiger partial charge in [0.05, 0.1) is 12.2 Å². The number of piperazine rings is 1. The summed E-state index contributed by atoms with van der Waals surface area (Å²) in [5.74, 6) is 0.214. The van der Waals surface area contributed by atoms with Crippen molar-refractivity contribution in [2.75, 3.05) is 13.2 Å². The zero-order chi connectivity index (χ0) is 16.1. The number of hydrogen-bond acceptors (Lipinski definition) is 3. The molecule has 1 aliphatic carbocycles. The van der Waals surface area contributed by atoms with Gasteiger partial charge in [-0.05, 0) is 60.3 Å². The van der Waals surface area contributed by atoms with Crippen LogP contribution in [0.1, 0.15) is 54.4 Å². The minimum Gasteiger partial charge on any atom is -0.374 e. The van der Waals surface area contributed by atoms with Crippen LogP contribution in [0.2, 0.25) is 0 Å². The van der Waals surface area contributed by atoms with E-state index in [-0.39, 0.29) is 23.3 Å². The molecule has 21 heavy (non-hydrogen) atoms. The molecule has 1 unspecified atom stereocenters. The summed E-state index contributed by atoms with van der Waals surface area (Å²) < 4.78 is 5.75. The maximum atomic E-state index is 12.8. The van der Waals surface area contributed by atoms with Crippen molar-refractivity contribution in [2.24, 2.45) is 5.92 Å². The standard InChI is InChI=1S/C16H28N2O3/c1-14(2,3)21-10-9-18-13(20)15(4,5)17-12(19)16(18,6)11-7-8-11/h11H,7-10H2,1-6H3,(H,17,19). The van der Waals surface area contributed by atoms with E-state index in [2.05, 4.69) is 5.32 Å². The number of ether oxygens (including phenoxy) is 1. The molecule has 0 aromatic heterocycles. The van der Waals surface area contributed by atoms with E-state index in [1.807, 2.05) is 27.7 Å². The molecule has 1 heterocycles. The summed E-state index contributed by atoms with van der Waals surface area (Å²) in [6.07, 6.45) is 2.02. The van der Waals surface area contributed by atoms with Crippen LogP contribution in [0.5, 0.6) is 0 Å². The minimum atomic E-state index is -0.840. The maximum absolute atomic E-state index is 12.8. The first-order valence-corrected chi connectivity index (χ1v) is 7.77. The van der Waals surface area contributed by atoms with Crippen LogP contribution in [-0.4, -0.2) is 46.5 Å². The van der Waals surface area contributed by atoms with Gasteiger partial charge in [0.25, 0.3) is 0 Å². The highest BCUT2D eigenvalue weighted by atomic mass is 16.5. The Labute approximate surface area is 127 Å². The number of nitrogens with zero attached hydrogens (tertiary/aromatic N) is 1. The topological polar surface area (TPSA) is 58.6 Å². The van der Waals surface area contributed by atoms with Gasteiger partial charge in [-0.3, -0.25) is 9.59 Å². The zero-order valence-corrected chi connectivity index (χ0v) is 14.1. The molecule has 5 nitrogen and oxygen atoms in total. The van der Waals surface area contributed by atoms with E-state index in [9.17, 15) is 9.59 Å². The first kappa shape index (κ1) is 16.3. The summed E-state index contributed by atoms with van der Waals surface area (Å²) in [7, 11) is 0. The van der Waals surface area contributed by atoms with Gasteiger partial charge in [0, 0.05) is 6.54 Å². The van der Waals surface area contributed by atoms with Crippen molar-refractivity contribution < 1.29 is 14.3 Å². The quantitative estimate of drug-likeness (QED) is 0.859. The smallest absolute Gasteiger partial charge is 0.248 e. The fraction of sp³-hybridized carbons (Fsp3) is 0.875. The van der Waals surface area contributed by atoms with Crippen molar-refractivity contribution >= 4 is 11.8 Å². The highest BCUT2D eigenvalue weighted by Gasteiger charge is 2.58. The van der Waals surface area contributed by atoms with Gasteiger partial charge >= 0.3 is 0 Å². The highest BCUT2D eigenvalue weighted by molar-refractivity contribution is 6.02. The Hall–Kier alpha value is -1.10. The van der Waals surface area contributed by atoms with Gasteiger partial charge in [-0.15, -0.1) is 0 Å². The molecule has 0 spiro atoms. The van der Waals surface area contributed by atoms with Crippen LogP contribution < -0.4 is 5.32 Å². The number of amides is 2. The normalized spacial score (nSPS) is 29.5. The first-order valence-electron chi connectivity index (χ1n) is 7.77. The molecule has 1 atom stereocenters. The summed E-state index contributed by atoms with van der Waals surface area (Å²) in [5, 5.41) is 2.88. The van der Waals surface area contributed by atoms with E-state index < -0.39 is 11.1 Å². The molecule has 0 radical (unpaired) electrons. The Morgan fingerprint density at radius 1 is 1.24 bits per heavy atom. The lowest BCUT2D eigenvalue weighted by Crippen LogP contribution is -2.74. The van der Waals surface area contributed by atoms with E-state index in [0.29, 0.717) is 13.2 Å². The molecule has 2 amide bonds. The minimum absolute atomic E-state index is 0.0194. The number of rotatable bonds is 4. The molecule has 0 aromatic carbocycles. The molecule has 2 aliphatic rings. The van der Waals surface area contributed by atoms with Gasteiger partial charge in [-0.25, -0.2) is 0 Å². The third kappa shape index (κ3) is 3.07. The predicted molar refractivity (Wildman–Crippen MR) is 80.8 cm³/mol. The molecule has 120 valence electrons. The van der Waals surface area contributed by atoms with Crippen molar-refractivity contribution in [3.05, 3.63) is 0 Å². The fourth-order valence-corrected chi connectivity index (χ4v) is 2.96. The van der Waals surface area contributed by atoms with Crippen molar-refractivity contribution in [3.63, 3.8) is 0 Å². The van der Waals surface area contributed by atoms with Gasteiger partial charge in [0.15, 0.2) is 0 Å². The second-order valence-electron chi connectivity index (χ2n) is 7.92. The molecule has 2 fully saturated rings. The Morgan fingerprint density at radius 3 is 2.29 bits per heavy atom. The van der Waals surface area contributed by atoms with E-state index >= 15 is 0 Å². The second-order valence-corrected chi connectivity index (χ2v) is 7.92. The van der Waals surface area contributed by atoms with Crippen molar-refractivity contribution in [3.8, 4) is 0 Å². The average molecular weight is 296 g/mol. The number of hydrogen-bond donors (Lipinski definition) is 1. The number of carbonyl (C=O) groups is 2. The van der Waals surface area contributed by atoms with Crippen LogP contribution in [0.15, 0.2) is 0 Å². The van der Waals surface area contributed by atoms with E-state index in [0.717, 1.165) is 12.8 Å². The van der Waals surface area contributed by atoms with Crippen molar-refractivity contribution in [2.45, 2.75) is 71.1 Å². The molecule has 1 saturated carbocycles. The van der Waals surface area contributed by atoms with Gasteiger partial charge in [-0.2, -0.15) is 0 Å². The van der Waals surface area contributed by atoms with Crippen molar-refractivity contribution in [1.29, 1.82) is 0 Å². The Balaban J connectivity index is 2.18. The molecule has 5 heteroatoms. The van der Waals surface area contributed by atoms with Crippen LogP contribution in [0.25, 0.3) is 0 Å². The lowest BCUT2D eigenvalue weighted by Gasteiger charge is -2.49. The predicted octanol–water partition coefficient (Wildman–Crippen LogP) is 1.71. The molecular formula is C16H28N2O3. The lowest BCUT2D eigenvalue weighted by atomic mass is 9.84. The summed E-state index contributed by atoms with van der Waals surface area (Å²) >= 11 is 0. The highest BCUT2D eigenvalue weighted by Crippen LogP contribution is 2.45. The maximum Gasteiger partial charge on any atom is 0.248 e. The number of carbonyl (C=O) groups excluding carboxylic acids is 2. The van der Waals surface area contributed by atoms with Crippen LogP contribution in [0.3, 0.4) is 0 Å². The third-order valence-corrected chi connectivity index (χ3v) is 4.45. The van der Waals surface area contributed by atoms with Gasteiger partial charge in [-0.1, -0.05) is 0 Å². The molecular weight excluding hydrogens is 268 g/mol. The monoisotopic (exact) mass is 296 g/mol. The summed E-state index contributed by atoms with van der Waals surface area (Å²) in [4.78, 5) is 27.1. The van der Waals surface area contributed by atoms with E-state index in [4.69, 9.17) is 4.74 Å². The van der Waals surface area contributed by atoms with Gasteiger partial charge in [0.1, 0.15) is 11.1 Å². The van der Waals surface area contributed by atoms with Crippen LogP contribution in [-0.2, 0) is 14.3 Å². The SMILES string of the molecule is CC(C)(C)OCCN1C(=O)C(C)(C)NC(=O)C1(C)C1CC1. The first-order chi connectivity index (χ1) is 9.48. The third-order valence-electron chi connectivity index (χ3n) is 4.45. The van der Waals surface area contributed by atoms with Crippen LogP contribution in [0.4, 0.5) is 0 Å². The molecule has 1 N–H and O–H groups in total. The van der Waals surface area contributed by atoms with E-state index in [1.54, 1.807) is 18.7 Å². The van der Waals surface area contributed by atoms with Crippen molar-refractivity contribution in [1.82, 2.24) is 10.2 Å². The number of nitrogens with one attached hydrogen (secondary N) is 1. The van der Waals surface area contributed by atoms with Crippen LogP contribution >= 0.6 is 0 Å². The Kier molecular flexibility index (Phi) is 3.85. The Morgan fingerprint density at radius 2 is 1.81 bits per heavy atom.